The minimum atomic E-state index is -0.693. The van der Waals surface area contributed by atoms with Crippen LogP contribution in [0.2, 0.25) is 0 Å². The van der Waals surface area contributed by atoms with Gasteiger partial charge in [-0.05, 0) is 12.1 Å². The van der Waals surface area contributed by atoms with Crippen LogP contribution < -0.4 is 21.3 Å². The van der Waals surface area contributed by atoms with E-state index in [1.54, 1.807) is 24.3 Å². The van der Waals surface area contributed by atoms with Gasteiger partial charge >= 0.3 is 5.69 Å². The molecule has 0 atom stereocenters. The van der Waals surface area contributed by atoms with E-state index in [0.29, 0.717) is 15.8 Å². The number of carbonyl (C=O) groups excluding carboxylic acids is 1. The van der Waals surface area contributed by atoms with Gasteiger partial charge in [-0.15, -0.1) is 10.2 Å². The molecule has 2 aromatic carbocycles. The molecule has 0 saturated carbocycles. The number of hydrogen-bond donors (Lipinski definition) is 2. The summed E-state index contributed by atoms with van der Waals surface area (Å²) in [6.07, 6.45) is 0. The summed E-state index contributed by atoms with van der Waals surface area (Å²) in [6, 6.07) is 17.6. The van der Waals surface area contributed by atoms with Crippen molar-refractivity contribution >= 4 is 34.8 Å². The van der Waals surface area contributed by atoms with Crippen molar-refractivity contribution in [1.82, 2.24) is 19.7 Å². The first-order valence-corrected chi connectivity index (χ1v) is 11.2. The van der Waals surface area contributed by atoms with Crippen molar-refractivity contribution in [2.45, 2.75) is 4.34 Å². The lowest BCUT2D eigenvalue weighted by Crippen LogP contribution is -2.32. The van der Waals surface area contributed by atoms with Crippen LogP contribution in [-0.2, 0) is 4.79 Å². The van der Waals surface area contributed by atoms with Crippen molar-refractivity contribution in [2.24, 2.45) is 0 Å². The largest absolute Gasteiger partial charge is 0.495 e. The number of hydrogen-bond acceptors (Lipinski definition) is 8. The van der Waals surface area contributed by atoms with E-state index < -0.39 is 17.2 Å². The number of aromatic nitrogens is 4. The minimum Gasteiger partial charge on any atom is -0.495 e. The Labute approximate surface area is 190 Å². The fourth-order valence-corrected chi connectivity index (χ4v) is 4.57. The maximum Gasteiger partial charge on any atom is 0.334 e. The Balaban J connectivity index is 1.52. The zero-order valence-electron chi connectivity index (χ0n) is 16.8. The van der Waals surface area contributed by atoms with E-state index in [4.69, 9.17) is 4.74 Å². The highest BCUT2D eigenvalue weighted by atomic mass is 32.2. The van der Waals surface area contributed by atoms with Crippen LogP contribution in [0.3, 0.4) is 0 Å². The maximum absolute atomic E-state index is 12.6. The third-order valence-corrected chi connectivity index (χ3v) is 6.40. The standard InChI is InChI=1S/C21H17N5O4S2/c1-30-15-10-6-5-9-14(15)26-16(11-17(27)23-20(26)29)22-18(28)12-31-21-25-24-19(32-21)13-7-3-2-4-8-13/h2-11H,12H2,1H3,(H,22,28)(H,23,27,29). The topological polar surface area (TPSA) is 119 Å². The van der Waals surface area contributed by atoms with Gasteiger partial charge in [0, 0.05) is 11.6 Å². The molecule has 1 amide bonds. The van der Waals surface area contributed by atoms with Crippen molar-refractivity contribution in [3.8, 4) is 22.0 Å². The molecule has 162 valence electrons. The molecular formula is C21H17N5O4S2. The lowest BCUT2D eigenvalue weighted by Gasteiger charge is -2.15. The Bertz CT molecular complexity index is 1360. The fraction of sp³-hybridized carbons (Fsp3) is 0.0952. The Morgan fingerprint density at radius 1 is 1.12 bits per heavy atom. The number of H-pyrrole nitrogens is 1. The Hall–Kier alpha value is -3.70. The molecule has 0 aliphatic rings. The van der Waals surface area contributed by atoms with Gasteiger partial charge in [0.15, 0.2) is 4.34 Å². The highest BCUT2D eigenvalue weighted by Crippen LogP contribution is 2.29. The molecule has 0 aliphatic heterocycles. The number of methoxy groups -OCH3 is 1. The maximum atomic E-state index is 12.6. The molecule has 0 unspecified atom stereocenters. The van der Waals surface area contributed by atoms with E-state index in [0.717, 1.165) is 16.6 Å². The number of para-hydroxylation sites is 2. The number of aromatic amines is 1. The first-order valence-electron chi connectivity index (χ1n) is 9.36. The van der Waals surface area contributed by atoms with Gasteiger partial charge in [-0.25, -0.2) is 9.36 Å². The lowest BCUT2D eigenvalue weighted by molar-refractivity contribution is -0.113. The monoisotopic (exact) mass is 467 g/mol. The Morgan fingerprint density at radius 3 is 2.66 bits per heavy atom. The van der Waals surface area contributed by atoms with E-state index in [1.165, 1.54) is 34.8 Å². The van der Waals surface area contributed by atoms with Gasteiger partial charge in [0.2, 0.25) is 5.91 Å². The Morgan fingerprint density at radius 2 is 1.88 bits per heavy atom. The number of anilines is 1. The van der Waals surface area contributed by atoms with E-state index in [1.807, 2.05) is 30.3 Å². The summed E-state index contributed by atoms with van der Waals surface area (Å²) in [7, 11) is 1.47. The molecule has 0 radical (unpaired) electrons. The molecule has 4 rings (SSSR count). The summed E-state index contributed by atoms with van der Waals surface area (Å²) in [5, 5.41) is 11.7. The number of benzene rings is 2. The number of ether oxygens (including phenoxy) is 1. The van der Waals surface area contributed by atoms with Gasteiger partial charge in [-0.2, -0.15) is 0 Å². The first kappa shape index (κ1) is 21.5. The summed E-state index contributed by atoms with van der Waals surface area (Å²) in [4.78, 5) is 39.2. The number of thioether (sulfide) groups is 1. The van der Waals surface area contributed by atoms with Crippen molar-refractivity contribution in [2.75, 3.05) is 18.2 Å². The normalized spacial score (nSPS) is 10.7. The highest BCUT2D eigenvalue weighted by molar-refractivity contribution is 8.01. The summed E-state index contributed by atoms with van der Waals surface area (Å²) in [6.45, 7) is 0. The van der Waals surface area contributed by atoms with Crippen LogP contribution in [0.15, 0.2) is 74.6 Å². The predicted octanol–water partition coefficient (Wildman–Crippen LogP) is 2.78. The van der Waals surface area contributed by atoms with Crippen molar-refractivity contribution in [1.29, 1.82) is 0 Å². The zero-order chi connectivity index (χ0) is 22.5. The zero-order valence-corrected chi connectivity index (χ0v) is 18.4. The molecular weight excluding hydrogens is 450 g/mol. The second-order valence-corrected chi connectivity index (χ2v) is 8.61. The molecule has 0 aliphatic carbocycles. The van der Waals surface area contributed by atoms with Crippen LogP contribution >= 0.6 is 23.1 Å². The summed E-state index contributed by atoms with van der Waals surface area (Å²) in [5.74, 6) is 0.0705. The SMILES string of the molecule is COc1ccccc1-n1c(NC(=O)CSc2nnc(-c3ccccc3)s2)cc(=O)[nH]c1=O. The molecule has 0 bridgehead atoms. The number of nitrogens with one attached hydrogen (secondary N) is 2. The van der Waals surface area contributed by atoms with Crippen molar-refractivity contribution in [3.05, 3.63) is 81.5 Å². The third-order valence-electron chi connectivity index (χ3n) is 4.29. The molecule has 2 aromatic heterocycles. The van der Waals surface area contributed by atoms with Gasteiger partial charge in [0.05, 0.1) is 18.6 Å². The second-order valence-electron chi connectivity index (χ2n) is 6.41. The highest BCUT2D eigenvalue weighted by Gasteiger charge is 2.16. The summed E-state index contributed by atoms with van der Waals surface area (Å²) >= 11 is 2.59. The smallest absolute Gasteiger partial charge is 0.334 e. The van der Waals surface area contributed by atoms with Crippen LogP contribution in [-0.4, -0.2) is 38.5 Å². The van der Waals surface area contributed by atoms with Crippen LogP contribution in [0, 0.1) is 0 Å². The number of nitrogens with zero attached hydrogens (tertiary/aromatic N) is 3. The van der Waals surface area contributed by atoms with Crippen molar-refractivity contribution in [3.63, 3.8) is 0 Å². The molecule has 0 spiro atoms. The summed E-state index contributed by atoms with van der Waals surface area (Å²) in [5.41, 5.74) is 0.0174. The predicted molar refractivity (Wildman–Crippen MR) is 124 cm³/mol. The van der Waals surface area contributed by atoms with Crippen molar-refractivity contribution < 1.29 is 9.53 Å². The van der Waals surface area contributed by atoms with Gasteiger partial charge in [0.25, 0.3) is 5.56 Å². The van der Waals surface area contributed by atoms with E-state index >= 15 is 0 Å². The molecule has 9 nitrogen and oxygen atoms in total. The molecule has 2 N–H and O–H groups in total. The number of amides is 1. The van der Waals surface area contributed by atoms with E-state index in [9.17, 15) is 14.4 Å². The summed E-state index contributed by atoms with van der Waals surface area (Å²) < 4.78 is 7.12. The fourth-order valence-electron chi connectivity index (χ4n) is 2.91. The molecule has 2 heterocycles. The molecule has 32 heavy (non-hydrogen) atoms. The van der Waals surface area contributed by atoms with Crippen LogP contribution in [0.1, 0.15) is 0 Å². The molecule has 0 fully saturated rings. The van der Waals surface area contributed by atoms with Gasteiger partial charge < -0.3 is 10.1 Å². The van der Waals surface area contributed by atoms with E-state index in [2.05, 4.69) is 20.5 Å². The van der Waals surface area contributed by atoms with Crippen LogP contribution in [0.5, 0.6) is 5.75 Å². The van der Waals surface area contributed by atoms with Gasteiger partial charge in [-0.1, -0.05) is 65.6 Å². The average molecular weight is 468 g/mol. The molecule has 0 saturated heterocycles. The average Bonchev–Trinajstić information content (AvgIpc) is 3.27. The third kappa shape index (κ3) is 4.79. The van der Waals surface area contributed by atoms with E-state index in [-0.39, 0.29) is 11.6 Å². The molecule has 4 aromatic rings. The first-order chi connectivity index (χ1) is 15.5. The number of rotatable bonds is 7. The van der Waals surface area contributed by atoms with Gasteiger partial charge in [0.1, 0.15) is 16.6 Å². The quantitative estimate of drug-likeness (QED) is 0.401. The van der Waals surface area contributed by atoms with Gasteiger partial charge in [-0.3, -0.25) is 14.6 Å². The number of carbonyl (C=O) groups is 1. The Kier molecular flexibility index (Phi) is 6.47. The van der Waals surface area contributed by atoms with Crippen LogP contribution in [0.25, 0.3) is 16.3 Å². The second kappa shape index (κ2) is 9.62. The minimum absolute atomic E-state index is 0.0241. The van der Waals surface area contributed by atoms with Crippen LogP contribution in [0.4, 0.5) is 5.82 Å². The molecule has 11 heteroatoms. The lowest BCUT2D eigenvalue weighted by atomic mass is 10.2.